The van der Waals surface area contributed by atoms with Gasteiger partial charge in [-0.05, 0) is 36.2 Å². The number of fused-ring (bicyclic) bond motifs is 1. The molecule has 0 aliphatic rings. The van der Waals surface area contributed by atoms with Crippen LogP contribution in [0.5, 0.6) is 0 Å². The average Bonchev–Trinajstić information content (AvgIpc) is 2.87. The highest BCUT2D eigenvalue weighted by Gasteiger charge is 2.09. The van der Waals surface area contributed by atoms with E-state index in [1.807, 2.05) is 25.1 Å². The van der Waals surface area contributed by atoms with Crippen LogP contribution >= 0.6 is 11.3 Å². The lowest BCUT2D eigenvalue weighted by atomic mass is 10.0. The molecule has 22 heavy (non-hydrogen) atoms. The summed E-state index contributed by atoms with van der Waals surface area (Å²) in [6.07, 6.45) is 1.70. The zero-order chi connectivity index (χ0) is 15.7. The third-order valence-corrected chi connectivity index (χ3v) is 4.22. The summed E-state index contributed by atoms with van der Waals surface area (Å²) in [5.41, 5.74) is 4.22. The monoisotopic (exact) mass is 315 g/mol. The van der Waals surface area contributed by atoms with E-state index in [0.717, 1.165) is 26.9 Å². The SMILES string of the molecule is CC(=O)Nc1nc2ccc(-c3cnc(CF)cc3C)cc2s1. The van der Waals surface area contributed by atoms with Gasteiger partial charge < -0.3 is 5.32 Å². The molecule has 112 valence electrons. The van der Waals surface area contributed by atoms with Gasteiger partial charge in [0.1, 0.15) is 6.67 Å². The van der Waals surface area contributed by atoms with Crippen molar-refractivity contribution < 1.29 is 9.18 Å². The number of carbonyl (C=O) groups is 1. The minimum atomic E-state index is -0.560. The number of rotatable bonds is 3. The molecule has 1 N–H and O–H groups in total. The molecule has 2 heterocycles. The molecule has 4 nitrogen and oxygen atoms in total. The molecule has 0 fully saturated rings. The number of hydrogen-bond acceptors (Lipinski definition) is 4. The van der Waals surface area contributed by atoms with E-state index in [1.54, 1.807) is 12.3 Å². The van der Waals surface area contributed by atoms with Gasteiger partial charge in [0.25, 0.3) is 0 Å². The van der Waals surface area contributed by atoms with Crippen LogP contribution in [0.25, 0.3) is 21.3 Å². The number of alkyl halides is 1. The van der Waals surface area contributed by atoms with E-state index in [0.29, 0.717) is 10.8 Å². The number of aromatic nitrogens is 2. The number of hydrogen-bond donors (Lipinski definition) is 1. The first kappa shape index (κ1) is 14.6. The molecule has 0 saturated heterocycles. The molecular formula is C16H14FN3OS. The summed E-state index contributed by atoms with van der Waals surface area (Å²) in [5.74, 6) is -0.138. The summed E-state index contributed by atoms with van der Waals surface area (Å²) in [7, 11) is 0. The first-order chi connectivity index (χ1) is 10.6. The number of amides is 1. The van der Waals surface area contributed by atoms with Crippen LogP contribution in [-0.2, 0) is 11.5 Å². The van der Waals surface area contributed by atoms with Gasteiger partial charge in [0.05, 0.1) is 15.9 Å². The molecule has 3 rings (SSSR count). The summed E-state index contributed by atoms with van der Waals surface area (Å²) in [6.45, 7) is 2.84. The number of benzene rings is 1. The van der Waals surface area contributed by atoms with Crippen molar-refractivity contribution in [3.63, 3.8) is 0 Å². The Labute approximate surface area is 131 Å². The van der Waals surface area contributed by atoms with Crippen LogP contribution in [0.2, 0.25) is 0 Å². The van der Waals surface area contributed by atoms with E-state index in [-0.39, 0.29) is 5.91 Å². The maximum absolute atomic E-state index is 12.7. The molecule has 0 radical (unpaired) electrons. The van der Waals surface area contributed by atoms with E-state index in [9.17, 15) is 9.18 Å². The smallest absolute Gasteiger partial charge is 0.223 e. The first-order valence-electron chi connectivity index (χ1n) is 6.77. The standard InChI is InChI=1S/C16H14FN3OS/c1-9-5-12(7-17)18-8-13(9)11-3-4-14-15(6-11)22-16(20-14)19-10(2)21/h3-6,8H,7H2,1-2H3,(H,19,20,21). The van der Waals surface area contributed by atoms with E-state index >= 15 is 0 Å². The zero-order valence-electron chi connectivity index (χ0n) is 12.2. The van der Waals surface area contributed by atoms with Crippen LogP contribution < -0.4 is 5.32 Å². The number of anilines is 1. The Bertz CT molecular complexity index is 860. The topological polar surface area (TPSA) is 54.9 Å². The molecule has 0 spiro atoms. The highest BCUT2D eigenvalue weighted by atomic mass is 32.1. The molecule has 1 amide bonds. The summed E-state index contributed by atoms with van der Waals surface area (Å²) in [6, 6.07) is 7.64. The predicted molar refractivity (Wildman–Crippen MR) is 86.7 cm³/mol. The molecule has 2 aromatic heterocycles. The Kier molecular flexibility index (Phi) is 3.85. The summed E-state index contributed by atoms with van der Waals surface area (Å²) in [4.78, 5) is 19.6. The number of thiazole rings is 1. The highest BCUT2D eigenvalue weighted by molar-refractivity contribution is 7.22. The van der Waals surface area contributed by atoms with Gasteiger partial charge in [-0.25, -0.2) is 9.37 Å². The third kappa shape index (κ3) is 2.82. The Hall–Kier alpha value is -2.34. The fourth-order valence-electron chi connectivity index (χ4n) is 2.29. The number of pyridine rings is 1. The number of carbonyl (C=O) groups excluding carboxylic acids is 1. The van der Waals surface area contributed by atoms with Gasteiger partial charge in [0.2, 0.25) is 5.91 Å². The van der Waals surface area contributed by atoms with Crippen LogP contribution in [0.4, 0.5) is 9.52 Å². The van der Waals surface area contributed by atoms with Crippen molar-refractivity contribution in [1.82, 2.24) is 9.97 Å². The molecule has 3 aromatic rings. The van der Waals surface area contributed by atoms with Crippen LogP contribution in [-0.4, -0.2) is 15.9 Å². The Morgan fingerprint density at radius 2 is 2.18 bits per heavy atom. The minimum absolute atomic E-state index is 0.138. The Morgan fingerprint density at radius 3 is 2.86 bits per heavy atom. The number of nitrogens with one attached hydrogen (secondary N) is 1. The van der Waals surface area contributed by atoms with Gasteiger partial charge >= 0.3 is 0 Å². The molecule has 0 atom stereocenters. The van der Waals surface area contributed by atoms with Crippen molar-refractivity contribution in [2.45, 2.75) is 20.5 Å². The third-order valence-electron chi connectivity index (χ3n) is 3.29. The van der Waals surface area contributed by atoms with E-state index < -0.39 is 6.67 Å². The van der Waals surface area contributed by atoms with E-state index in [2.05, 4.69) is 15.3 Å². The molecule has 0 aliphatic heterocycles. The largest absolute Gasteiger partial charge is 0.302 e. The normalized spacial score (nSPS) is 10.9. The van der Waals surface area contributed by atoms with Crippen LogP contribution in [0.15, 0.2) is 30.5 Å². The molecular weight excluding hydrogens is 301 g/mol. The average molecular weight is 315 g/mol. The van der Waals surface area contributed by atoms with Crippen molar-refractivity contribution in [1.29, 1.82) is 0 Å². The summed E-state index contributed by atoms with van der Waals surface area (Å²) in [5, 5.41) is 3.28. The van der Waals surface area contributed by atoms with Crippen molar-refractivity contribution in [3.8, 4) is 11.1 Å². The van der Waals surface area contributed by atoms with E-state index in [4.69, 9.17) is 0 Å². The predicted octanol–water partition coefficient (Wildman–Crippen LogP) is 4.09. The maximum atomic E-state index is 12.7. The van der Waals surface area contributed by atoms with Crippen molar-refractivity contribution in [2.75, 3.05) is 5.32 Å². The highest BCUT2D eigenvalue weighted by Crippen LogP contribution is 2.31. The van der Waals surface area contributed by atoms with Crippen LogP contribution in [0.3, 0.4) is 0 Å². The first-order valence-corrected chi connectivity index (χ1v) is 7.58. The number of halogens is 1. The lowest BCUT2D eigenvalue weighted by Crippen LogP contribution is -2.04. The fraction of sp³-hybridized carbons (Fsp3) is 0.188. The van der Waals surface area contributed by atoms with Gasteiger partial charge in [-0.2, -0.15) is 0 Å². The summed E-state index contributed by atoms with van der Waals surface area (Å²) >= 11 is 1.42. The second kappa shape index (κ2) is 5.81. The fourth-order valence-corrected chi connectivity index (χ4v) is 3.24. The van der Waals surface area contributed by atoms with Gasteiger partial charge in [-0.1, -0.05) is 17.4 Å². The van der Waals surface area contributed by atoms with Gasteiger partial charge in [0, 0.05) is 18.7 Å². The van der Waals surface area contributed by atoms with Crippen LogP contribution in [0, 0.1) is 6.92 Å². The quantitative estimate of drug-likeness (QED) is 0.792. The molecule has 0 bridgehead atoms. The number of aryl methyl sites for hydroxylation is 1. The lowest BCUT2D eigenvalue weighted by molar-refractivity contribution is -0.114. The Morgan fingerprint density at radius 1 is 1.36 bits per heavy atom. The Balaban J connectivity index is 2.02. The van der Waals surface area contributed by atoms with Gasteiger partial charge in [0.15, 0.2) is 5.13 Å². The minimum Gasteiger partial charge on any atom is -0.302 e. The molecule has 1 aromatic carbocycles. The number of nitrogens with zero attached hydrogens (tertiary/aromatic N) is 2. The molecule has 0 aliphatic carbocycles. The van der Waals surface area contributed by atoms with Crippen molar-refractivity contribution >= 4 is 32.6 Å². The molecule has 0 saturated carbocycles. The maximum Gasteiger partial charge on any atom is 0.223 e. The van der Waals surface area contributed by atoms with E-state index in [1.165, 1.54) is 18.3 Å². The van der Waals surface area contributed by atoms with Crippen molar-refractivity contribution in [2.24, 2.45) is 0 Å². The second-order valence-electron chi connectivity index (χ2n) is 5.01. The zero-order valence-corrected chi connectivity index (χ0v) is 13.0. The summed E-state index contributed by atoms with van der Waals surface area (Å²) < 4.78 is 13.6. The molecule has 6 heteroatoms. The van der Waals surface area contributed by atoms with Crippen LogP contribution in [0.1, 0.15) is 18.2 Å². The lowest BCUT2D eigenvalue weighted by Gasteiger charge is -2.06. The van der Waals surface area contributed by atoms with Gasteiger partial charge in [-0.15, -0.1) is 0 Å². The molecule has 0 unspecified atom stereocenters. The van der Waals surface area contributed by atoms with Gasteiger partial charge in [-0.3, -0.25) is 9.78 Å². The second-order valence-corrected chi connectivity index (χ2v) is 6.04. The van der Waals surface area contributed by atoms with Crippen molar-refractivity contribution in [3.05, 3.63) is 41.7 Å².